The van der Waals surface area contributed by atoms with Crippen LogP contribution in [0.1, 0.15) is 53.6 Å². The number of nitrogens with zero attached hydrogens (tertiary/aromatic N) is 1. The molecule has 2 heterocycles. The smallest absolute Gasteiger partial charge is 0.259 e. The Morgan fingerprint density at radius 3 is 2.65 bits per heavy atom. The fourth-order valence-corrected chi connectivity index (χ4v) is 5.98. The first kappa shape index (κ1) is 22.9. The maximum absolute atomic E-state index is 13.4. The third kappa shape index (κ3) is 4.57. The molecule has 0 bridgehead atoms. The molecule has 3 aromatic rings. The molecule has 0 saturated carbocycles. The van der Waals surface area contributed by atoms with E-state index in [2.05, 4.69) is 26.1 Å². The van der Waals surface area contributed by atoms with Gasteiger partial charge in [-0.05, 0) is 54.4 Å². The Balaban J connectivity index is 1.51. The predicted octanol–water partition coefficient (Wildman–Crippen LogP) is 7.28. The molecule has 0 fully saturated rings. The van der Waals surface area contributed by atoms with Crippen LogP contribution in [0.3, 0.4) is 0 Å². The van der Waals surface area contributed by atoms with E-state index in [1.54, 1.807) is 23.6 Å². The number of para-hydroxylation sites is 1. The highest BCUT2D eigenvalue weighted by molar-refractivity contribution is 7.16. The van der Waals surface area contributed by atoms with Gasteiger partial charge in [0.2, 0.25) is 6.79 Å². The van der Waals surface area contributed by atoms with E-state index in [-0.39, 0.29) is 18.1 Å². The Labute approximate surface area is 208 Å². The Morgan fingerprint density at radius 1 is 1.18 bits per heavy atom. The lowest BCUT2D eigenvalue weighted by Crippen LogP contribution is -2.27. The molecule has 1 atom stereocenters. The number of hydrogen-bond donors (Lipinski definition) is 1. The van der Waals surface area contributed by atoms with Gasteiger partial charge in [0, 0.05) is 28.4 Å². The van der Waals surface area contributed by atoms with Crippen molar-refractivity contribution in [3.8, 4) is 11.5 Å². The number of aliphatic imine (C=N–C) groups is 1. The summed E-state index contributed by atoms with van der Waals surface area (Å²) >= 11 is 8.06. The molecule has 34 heavy (non-hydrogen) atoms. The van der Waals surface area contributed by atoms with Gasteiger partial charge in [-0.3, -0.25) is 4.79 Å². The normalized spacial score (nSPS) is 17.1. The van der Waals surface area contributed by atoms with Crippen LogP contribution in [0.2, 0.25) is 5.02 Å². The summed E-state index contributed by atoms with van der Waals surface area (Å²) in [6, 6.07) is 13.1. The van der Waals surface area contributed by atoms with Gasteiger partial charge in [0.25, 0.3) is 5.91 Å². The molecule has 1 aromatic heterocycles. The molecule has 5 rings (SSSR count). The molecule has 1 aliphatic carbocycles. The highest BCUT2D eigenvalue weighted by Gasteiger charge is 2.33. The van der Waals surface area contributed by atoms with E-state index >= 15 is 0 Å². The van der Waals surface area contributed by atoms with Crippen LogP contribution in [-0.2, 0) is 12.8 Å². The van der Waals surface area contributed by atoms with E-state index in [0.717, 1.165) is 36.1 Å². The van der Waals surface area contributed by atoms with Crippen LogP contribution in [0, 0.1) is 11.3 Å². The first-order chi connectivity index (χ1) is 16.3. The van der Waals surface area contributed by atoms with Gasteiger partial charge in [-0.25, -0.2) is 4.99 Å². The van der Waals surface area contributed by atoms with E-state index < -0.39 is 0 Å². The number of halogens is 1. The molecular weight excluding hydrogens is 468 g/mol. The van der Waals surface area contributed by atoms with Gasteiger partial charge in [-0.2, -0.15) is 0 Å². The van der Waals surface area contributed by atoms with Crippen molar-refractivity contribution in [2.45, 2.75) is 40.0 Å². The van der Waals surface area contributed by atoms with Crippen LogP contribution in [0.25, 0.3) is 0 Å². The summed E-state index contributed by atoms with van der Waals surface area (Å²) < 4.78 is 10.9. The van der Waals surface area contributed by atoms with Gasteiger partial charge < -0.3 is 14.8 Å². The second kappa shape index (κ2) is 9.08. The maximum Gasteiger partial charge on any atom is 0.259 e. The van der Waals surface area contributed by atoms with Crippen LogP contribution in [0.5, 0.6) is 11.5 Å². The highest BCUT2D eigenvalue weighted by atomic mass is 35.5. The number of ether oxygens (including phenoxy) is 2. The second-order valence-corrected chi connectivity index (χ2v) is 11.3. The summed E-state index contributed by atoms with van der Waals surface area (Å²) in [4.78, 5) is 19.5. The third-order valence-electron chi connectivity index (χ3n) is 6.54. The number of fused-ring (bicyclic) bond motifs is 2. The topological polar surface area (TPSA) is 59.9 Å². The first-order valence-electron chi connectivity index (χ1n) is 11.4. The van der Waals surface area contributed by atoms with Crippen molar-refractivity contribution in [3.05, 3.63) is 69.1 Å². The third-order valence-corrected chi connectivity index (χ3v) is 8.03. The van der Waals surface area contributed by atoms with Crippen molar-refractivity contribution in [2.24, 2.45) is 16.3 Å². The van der Waals surface area contributed by atoms with Crippen LogP contribution in [0.4, 0.5) is 10.7 Å². The number of carbonyl (C=O) groups excluding carboxylic acids is 1. The lowest BCUT2D eigenvalue weighted by molar-refractivity contribution is 0.102. The van der Waals surface area contributed by atoms with Crippen LogP contribution >= 0.6 is 22.9 Å². The average Bonchev–Trinajstić information content (AvgIpc) is 3.40. The van der Waals surface area contributed by atoms with E-state index in [9.17, 15) is 4.79 Å². The highest BCUT2D eigenvalue weighted by Crippen LogP contribution is 2.45. The Hall–Kier alpha value is -2.83. The molecule has 7 heteroatoms. The number of carbonyl (C=O) groups is 1. The summed E-state index contributed by atoms with van der Waals surface area (Å²) in [5.74, 6) is 1.72. The molecule has 0 saturated heterocycles. The number of thiophene rings is 1. The van der Waals surface area contributed by atoms with Crippen molar-refractivity contribution in [2.75, 3.05) is 12.1 Å². The average molecular weight is 495 g/mol. The minimum atomic E-state index is -0.123. The molecule has 0 radical (unpaired) electrons. The van der Waals surface area contributed by atoms with Gasteiger partial charge in [-0.15, -0.1) is 11.3 Å². The number of benzene rings is 2. The monoisotopic (exact) mass is 494 g/mol. The molecule has 1 amide bonds. The van der Waals surface area contributed by atoms with Crippen molar-refractivity contribution >= 4 is 45.7 Å². The van der Waals surface area contributed by atoms with E-state index in [1.807, 2.05) is 36.4 Å². The van der Waals surface area contributed by atoms with Crippen LogP contribution in [0.15, 0.2) is 47.5 Å². The van der Waals surface area contributed by atoms with Crippen molar-refractivity contribution in [1.82, 2.24) is 0 Å². The maximum atomic E-state index is 13.4. The largest absolute Gasteiger partial charge is 0.454 e. The number of amides is 1. The zero-order valence-corrected chi connectivity index (χ0v) is 21.1. The van der Waals surface area contributed by atoms with Gasteiger partial charge in [0.05, 0.1) is 10.6 Å². The summed E-state index contributed by atoms with van der Waals surface area (Å²) in [5, 5.41) is 4.29. The SMILES string of the molecule is CC(C)(C)[C@H]1CCc2c(sc(N=Cc3cc4c(cc3Cl)OCO4)c2C(=O)Nc2ccccc2)C1. The zero-order valence-electron chi connectivity index (χ0n) is 19.5. The Kier molecular flexibility index (Phi) is 6.13. The molecule has 176 valence electrons. The second-order valence-electron chi connectivity index (χ2n) is 9.80. The molecule has 5 nitrogen and oxygen atoms in total. The van der Waals surface area contributed by atoms with Gasteiger partial charge in [-0.1, -0.05) is 50.6 Å². The summed E-state index contributed by atoms with van der Waals surface area (Å²) in [5.41, 5.74) is 3.51. The van der Waals surface area contributed by atoms with E-state index in [0.29, 0.717) is 33.0 Å². The minimum absolute atomic E-state index is 0.123. The molecule has 0 spiro atoms. The number of anilines is 1. The fourth-order valence-electron chi connectivity index (χ4n) is 4.51. The van der Waals surface area contributed by atoms with Crippen LogP contribution in [-0.4, -0.2) is 18.9 Å². The van der Waals surface area contributed by atoms with Gasteiger partial charge >= 0.3 is 0 Å². The first-order valence-corrected chi connectivity index (χ1v) is 12.6. The van der Waals surface area contributed by atoms with E-state index in [4.69, 9.17) is 26.1 Å². The summed E-state index contributed by atoms with van der Waals surface area (Å²) in [6.45, 7) is 7.06. The molecule has 1 aliphatic heterocycles. The fraction of sp³-hybridized carbons (Fsp3) is 0.333. The molecular formula is C27H27ClN2O3S. The summed E-state index contributed by atoms with van der Waals surface area (Å²) in [7, 11) is 0. The quantitative estimate of drug-likeness (QED) is 0.387. The number of nitrogens with one attached hydrogen (secondary N) is 1. The lowest BCUT2D eigenvalue weighted by Gasteiger charge is -2.33. The molecule has 2 aromatic carbocycles. The van der Waals surface area contributed by atoms with Crippen LogP contribution < -0.4 is 14.8 Å². The molecule has 0 unspecified atom stereocenters. The molecule has 1 N–H and O–H groups in total. The van der Waals surface area contributed by atoms with Gasteiger partial charge in [0.1, 0.15) is 5.00 Å². The standard InChI is InChI=1S/C27H27ClN2O3S/c1-27(2,3)17-9-10-19-23(12-17)34-26(24(19)25(31)30-18-7-5-4-6-8-18)29-14-16-11-21-22(13-20(16)28)33-15-32-21/h4-8,11,13-14,17H,9-10,12,15H2,1-3H3,(H,30,31)/t17-/m0/s1. The molecule has 2 aliphatic rings. The van der Waals surface area contributed by atoms with Crippen molar-refractivity contribution < 1.29 is 14.3 Å². The predicted molar refractivity (Wildman–Crippen MR) is 139 cm³/mol. The van der Waals surface area contributed by atoms with Gasteiger partial charge in [0.15, 0.2) is 11.5 Å². The Bertz CT molecular complexity index is 1260. The van der Waals surface area contributed by atoms with Crippen molar-refractivity contribution in [1.29, 1.82) is 0 Å². The van der Waals surface area contributed by atoms with Crippen molar-refractivity contribution in [3.63, 3.8) is 0 Å². The Morgan fingerprint density at radius 2 is 1.91 bits per heavy atom. The number of rotatable bonds is 4. The minimum Gasteiger partial charge on any atom is -0.454 e. The zero-order chi connectivity index (χ0) is 23.9. The lowest BCUT2D eigenvalue weighted by atomic mass is 9.72. The number of hydrogen-bond acceptors (Lipinski definition) is 5. The summed E-state index contributed by atoms with van der Waals surface area (Å²) in [6.07, 6.45) is 4.62. The van der Waals surface area contributed by atoms with E-state index in [1.165, 1.54) is 4.88 Å².